The van der Waals surface area contributed by atoms with Gasteiger partial charge in [-0.25, -0.2) is 0 Å². The van der Waals surface area contributed by atoms with Crippen molar-refractivity contribution in [2.45, 2.75) is 0 Å². The van der Waals surface area contributed by atoms with Gasteiger partial charge in [-0.2, -0.15) is 0 Å². The first kappa shape index (κ1) is 8.34. The molecule has 0 aliphatic carbocycles. The van der Waals surface area contributed by atoms with Crippen molar-refractivity contribution in [3.05, 3.63) is 11.1 Å². The summed E-state index contributed by atoms with van der Waals surface area (Å²) in [7, 11) is 10.7. The van der Waals surface area contributed by atoms with Gasteiger partial charge in [-0.05, 0) is 0 Å². The number of rotatable bonds is 0. The van der Waals surface area contributed by atoms with Gasteiger partial charge < -0.3 is 10.8 Å². The molecule has 0 saturated heterocycles. The number of aromatic hydroxyl groups is 1. The van der Waals surface area contributed by atoms with Gasteiger partial charge in [0.2, 0.25) is 0 Å². The molecular weight excluding hydrogens is 159 g/mol. The average Bonchev–Trinajstić information content (AvgIpc) is 1.97. The monoisotopic (exact) mass is 163 g/mol. The third-order valence-electron chi connectivity index (χ3n) is 1.34. The normalized spacial score (nSPS) is 9.91. The number of nitrogens with two attached hydrogens (primary N) is 1. The second kappa shape index (κ2) is 2.70. The lowest BCUT2D eigenvalue weighted by atomic mass is 9.85. The summed E-state index contributed by atoms with van der Waals surface area (Å²) in [6, 6.07) is 1.40. The molecule has 4 radical (unpaired) electrons. The Kier molecular flexibility index (Phi) is 2.05. The van der Waals surface area contributed by atoms with Crippen LogP contribution in [0, 0.1) is 0 Å². The van der Waals surface area contributed by atoms with E-state index in [1.807, 2.05) is 0 Å². The molecule has 0 heterocycles. The van der Waals surface area contributed by atoms with E-state index in [2.05, 4.69) is 0 Å². The minimum atomic E-state index is -0.260. The van der Waals surface area contributed by atoms with E-state index in [0.717, 1.165) is 0 Å². The first-order chi connectivity index (χ1) is 5.04. The van der Waals surface area contributed by atoms with Crippen molar-refractivity contribution in [2.75, 3.05) is 5.73 Å². The van der Waals surface area contributed by atoms with Crippen LogP contribution in [0.2, 0.25) is 5.02 Å². The van der Waals surface area contributed by atoms with Crippen molar-refractivity contribution in [3.63, 3.8) is 0 Å². The van der Waals surface area contributed by atoms with Gasteiger partial charge in [0.25, 0.3) is 0 Å². The van der Waals surface area contributed by atoms with Crippen molar-refractivity contribution in [2.24, 2.45) is 0 Å². The zero-order chi connectivity index (χ0) is 8.59. The van der Waals surface area contributed by atoms with Crippen LogP contribution in [-0.4, -0.2) is 20.8 Å². The highest BCUT2D eigenvalue weighted by molar-refractivity contribution is 6.49. The number of halogens is 1. The van der Waals surface area contributed by atoms with E-state index in [-0.39, 0.29) is 27.4 Å². The van der Waals surface area contributed by atoms with Crippen molar-refractivity contribution >= 4 is 43.9 Å². The van der Waals surface area contributed by atoms with Crippen LogP contribution in [0.3, 0.4) is 0 Å². The lowest BCUT2D eigenvalue weighted by Crippen LogP contribution is -2.18. The van der Waals surface area contributed by atoms with Crippen LogP contribution in [0.5, 0.6) is 5.75 Å². The second-order valence-corrected chi connectivity index (χ2v) is 2.51. The Morgan fingerprint density at radius 2 is 1.91 bits per heavy atom. The molecular formula is C6H4B2ClNO. The smallest absolute Gasteiger partial charge is 0.155 e. The van der Waals surface area contributed by atoms with Gasteiger partial charge in [0.1, 0.15) is 15.7 Å². The topological polar surface area (TPSA) is 46.2 Å². The van der Waals surface area contributed by atoms with E-state index in [0.29, 0.717) is 0 Å². The summed E-state index contributed by atoms with van der Waals surface area (Å²) in [5, 5.41) is 9.19. The SMILES string of the molecule is [B]c1cc([B])c(Cl)c(O)c1N. The highest BCUT2D eigenvalue weighted by Crippen LogP contribution is 2.24. The number of phenols is 1. The molecule has 1 aromatic rings. The van der Waals surface area contributed by atoms with Crippen LogP contribution in [0.25, 0.3) is 0 Å². The molecule has 52 valence electrons. The first-order valence-electron chi connectivity index (χ1n) is 2.86. The van der Waals surface area contributed by atoms with E-state index < -0.39 is 0 Å². The lowest BCUT2D eigenvalue weighted by molar-refractivity contribution is 0.479. The Morgan fingerprint density at radius 1 is 1.36 bits per heavy atom. The third-order valence-corrected chi connectivity index (χ3v) is 1.74. The molecule has 5 heteroatoms. The number of phenolic OH excluding ortho intramolecular Hbond substituents is 1. The Hall–Kier alpha value is -0.760. The number of hydrogen-bond acceptors (Lipinski definition) is 2. The maximum Gasteiger partial charge on any atom is 0.155 e. The van der Waals surface area contributed by atoms with Gasteiger partial charge in [-0.15, -0.1) is 0 Å². The molecule has 0 unspecified atom stereocenters. The van der Waals surface area contributed by atoms with Crippen molar-refractivity contribution in [1.82, 2.24) is 0 Å². The molecule has 11 heavy (non-hydrogen) atoms. The van der Waals surface area contributed by atoms with Crippen molar-refractivity contribution in [3.8, 4) is 5.75 Å². The standard InChI is InChI=1S/C6H4B2ClNO/c7-2-1-3(8)5(10)6(11)4(2)9/h1,11H,10H2. The van der Waals surface area contributed by atoms with Crippen LogP contribution >= 0.6 is 11.6 Å². The third kappa shape index (κ3) is 1.31. The van der Waals surface area contributed by atoms with Gasteiger partial charge in [0.05, 0.1) is 10.7 Å². The molecule has 0 aliphatic rings. The summed E-state index contributed by atoms with van der Waals surface area (Å²) in [5.41, 5.74) is 5.84. The van der Waals surface area contributed by atoms with Gasteiger partial charge >= 0.3 is 0 Å². The highest BCUT2D eigenvalue weighted by atomic mass is 35.5. The Morgan fingerprint density at radius 3 is 2.45 bits per heavy atom. The zero-order valence-corrected chi connectivity index (χ0v) is 6.39. The number of nitrogen functional groups attached to an aromatic ring is 1. The number of hydrogen-bond donors (Lipinski definition) is 2. The molecule has 0 bridgehead atoms. The maximum absolute atomic E-state index is 9.15. The fraction of sp³-hybridized carbons (Fsp3) is 0. The molecule has 0 atom stereocenters. The predicted octanol–water partition coefficient (Wildman–Crippen LogP) is -0.785. The fourth-order valence-electron chi connectivity index (χ4n) is 0.700. The van der Waals surface area contributed by atoms with E-state index in [1.54, 1.807) is 0 Å². The molecule has 0 fully saturated rings. The van der Waals surface area contributed by atoms with Crippen LogP contribution in [0.4, 0.5) is 5.69 Å². The Bertz CT molecular complexity index is 277. The van der Waals surface area contributed by atoms with Crippen molar-refractivity contribution < 1.29 is 5.11 Å². The molecule has 0 saturated carbocycles. The van der Waals surface area contributed by atoms with Gasteiger partial charge in [-0.3, -0.25) is 0 Å². The van der Waals surface area contributed by atoms with E-state index >= 15 is 0 Å². The summed E-state index contributed by atoms with van der Waals surface area (Å²) < 4.78 is 0. The first-order valence-corrected chi connectivity index (χ1v) is 3.23. The Balaban J connectivity index is 3.46. The van der Waals surface area contributed by atoms with Gasteiger partial charge in [0, 0.05) is 0 Å². The van der Waals surface area contributed by atoms with Gasteiger partial charge in [-0.1, -0.05) is 28.6 Å². The zero-order valence-electron chi connectivity index (χ0n) is 5.63. The molecule has 1 aromatic carbocycles. The number of benzene rings is 1. The Labute approximate surface area is 72.2 Å². The second-order valence-electron chi connectivity index (χ2n) is 2.13. The largest absolute Gasteiger partial charge is 0.504 e. The molecule has 0 aliphatic heterocycles. The molecule has 2 nitrogen and oxygen atoms in total. The predicted molar refractivity (Wildman–Crippen MR) is 48.3 cm³/mol. The van der Waals surface area contributed by atoms with Gasteiger partial charge in [0.15, 0.2) is 5.75 Å². The van der Waals surface area contributed by atoms with Crippen LogP contribution < -0.4 is 16.7 Å². The summed E-state index contributed by atoms with van der Waals surface area (Å²) in [6.45, 7) is 0. The summed E-state index contributed by atoms with van der Waals surface area (Å²) in [4.78, 5) is 0. The molecule has 1 rings (SSSR count). The summed E-state index contributed by atoms with van der Waals surface area (Å²) >= 11 is 5.54. The molecule has 0 amide bonds. The van der Waals surface area contributed by atoms with E-state index in [4.69, 9.17) is 38.1 Å². The van der Waals surface area contributed by atoms with E-state index in [1.165, 1.54) is 6.07 Å². The highest BCUT2D eigenvalue weighted by Gasteiger charge is 2.07. The lowest BCUT2D eigenvalue weighted by Gasteiger charge is -2.07. The van der Waals surface area contributed by atoms with Crippen LogP contribution in [0.15, 0.2) is 6.07 Å². The van der Waals surface area contributed by atoms with E-state index in [9.17, 15) is 0 Å². The fourth-order valence-corrected chi connectivity index (χ4v) is 0.857. The summed E-state index contributed by atoms with van der Waals surface area (Å²) in [6.07, 6.45) is 0. The number of anilines is 1. The average molecular weight is 163 g/mol. The minimum absolute atomic E-state index is 0.0386. The van der Waals surface area contributed by atoms with Crippen LogP contribution in [-0.2, 0) is 0 Å². The maximum atomic E-state index is 9.15. The minimum Gasteiger partial charge on any atom is -0.504 e. The van der Waals surface area contributed by atoms with Crippen LogP contribution in [0.1, 0.15) is 0 Å². The molecule has 0 spiro atoms. The quantitative estimate of drug-likeness (QED) is 0.299. The molecule has 0 aromatic heterocycles. The molecule has 3 N–H and O–H groups in total. The van der Waals surface area contributed by atoms with Crippen molar-refractivity contribution in [1.29, 1.82) is 0 Å². The summed E-state index contributed by atoms with van der Waals surface area (Å²) in [5.74, 6) is -0.260.